The molecule has 7 heteroatoms. The van der Waals surface area contributed by atoms with E-state index in [0.29, 0.717) is 32.5 Å². The Hall–Kier alpha value is -1.50. The van der Waals surface area contributed by atoms with Gasteiger partial charge >= 0.3 is 12.2 Å². The molecular formula is C17H32N2O5. The summed E-state index contributed by atoms with van der Waals surface area (Å²) in [6.45, 7) is 8.93. The number of ether oxygens (including phenoxy) is 2. The zero-order valence-electron chi connectivity index (χ0n) is 15.6. The molecule has 0 radical (unpaired) electrons. The summed E-state index contributed by atoms with van der Waals surface area (Å²) in [4.78, 5) is 24.9. The van der Waals surface area contributed by atoms with Gasteiger partial charge in [0, 0.05) is 25.6 Å². The number of amides is 2. The van der Waals surface area contributed by atoms with E-state index in [-0.39, 0.29) is 12.0 Å². The van der Waals surface area contributed by atoms with Gasteiger partial charge in [-0.25, -0.2) is 9.59 Å². The van der Waals surface area contributed by atoms with Crippen LogP contribution in [0.15, 0.2) is 0 Å². The highest BCUT2D eigenvalue weighted by Gasteiger charge is 2.37. The monoisotopic (exact) mass is 344 g/mol. The second-order valence-corrected chi connectivity index (χ2v) is 7.64. The molecule has 1 aliphatic rings. The van der Waals surface area contributed by atoms with E-state index in [4.69, 9.17) is 4.74 Å². The molecule has 1 heterocycles. The zero-order chi connectivity index (χ0) is 18.4. The minimum Gasteiger partial charge on any atom is -0.453 e. The maximum absolute atomic E-state index is 12.2. The number of alkyl carbamates (subject to hydrolysis) is 1. The molecule has 0 aromatic heterocycles. The van der Waals surface area contributed by atoms with Gasteiger partial charge in [0.15, 0.2) is 0 Å². The van der Waals surface area contributed by atoms with E-state index < -0.39 is 17.3 Å². The maximum atomic E-state index is 12.2. The molecule has 2 amide bonds. The van der Waals surface area contributed by atoms with Crippen molar-refractivity contribution in [2.75, 3.05) is 26.7 Å². The Bertz CT molecular complexity index is 431. The average molecular weight is 344 g/mol. The van der Waals surface area contributed by atoms with Gasteiger partial charge in [0.25, 0.3) is 0 Å². The highest BCUT2D eigenvalue weighted by Crippen LogP contribution is 2.31. The van der Waals surface area contributed by atoms with Crippen LogP contribution in [0.25, 0.3) is 0 Å². The molecule has 1 aliphatic heterocycles. The van der Waals surface area contributed by atoms with Crippen LogP contribution in [0.3, 0.4) is 0 Å². The lowest BCUT2D eigenvalue weighted by Crippen LogP contribution is -2.49. The van der Waals surface area contributed by atoms with Crippen LogP contribution < -0.4 is 5.32 Å². The first-order chi connectivity index (χ1) is 11.0. The molecule has 24 heavy (non-hydrogen) atoms. The SMILES string of the molecule is COC(=O)NCCCC(C)(O)C1CCCN(C(=O)OC(C)(C)C)C1. The van der Waals surface area contributed by atoms with E-state index in [9.17, 15) is 14.7 Å². The number of aliphatic hydroxyl groups is 1. The van der Waals surface area contributed by atoms with E-state index >= 15 is 0 Å². The second-order valence-electron chi connectivity index (χ2n) is 7.64. The Balaban J connectivity index is 2.49. The van der Waals surface area contributed by atoms with Crippen molar-refractivity contribution in [3.8, 4) is 0 Å². The van der Waals surface area contributed by atoms with Gasteiger partial charge in [-0.2, -0.15) is 0 Å². The number of carbonyl (C=O) groups excluding carboxylic acids is 2. The lowest BCUT2D eigenvalue weighted by Gasteiger charge is -2.40. The first kappa shape index (κ1) is 20.5. The summed E-state index contributed by atoms with van der Waals surface area (Å²) in [5.41, 5.74) is -1.41. The van der Waals surface area contributed by atoms with Crippen LogP contribution in [-0.2, 0) is 9.47 Å². The molecule has 0 bridgehead atoms. The van der Waals surface area contributed by atoms with Crippen molar-refractivity contribution < 1.29 is 24.2 Å². The fourth-order valence-corrected chi connectivity index (χ4v) is 2.89. The third kappa shape index (κ3) is 6.95. The number of piperidine rings is 1. The summed E-state index contributed by atoms with van der Waals surface area (Å²) in [7, 11) is 1.32. The Morgan fingerprint density at radius 2 is 1.96 bits per heavy atom. The number of nitrogens with zero attached hydrogens (tertiary/aromatic N) is 1. The molecule has 0 aromatic carbocycles. The fraction of sp³-hybridized carbons (Fsp3) is 0.882. The highest BCUT2D eigenvalue weighted by atomic mass is 16.6. The number of carbonyl (C=O) groups is 2. The molecule has 0 aliphatic carbocycles. The molecule has 0 saturated carbocycles. The van der Waals surface area contributed by atoms with Crippen LogP contribution in [0.1, 0.15) is 53.4 Å². The Morgan fingerprint density at radius 1 is 1.29 bits per heavy atom. The lowest BCUT2D eigenvalue weighted by molar-refractivity contribution is -0.0454. The third-order valence-corrected chi connectivity index (χ3v) is 4.27. The minimum absolute atomic E-state index is 0.00287. The molecular weight excluding hydrogens is 312 g/mol. The number of nitrogens with one attached hydrogen (secondary N) is 1. The first-order valence-electron chi connectivity index (χ1n) is 8.57. The van der Waals surface area contributed by atoms with E-state index in [1.165, 1.54) is 7.11 Å². The predicted octanol–water partition coefficient (Wildman–Crippen LogP) is 2.52. The van der Waals surface area contributed by atoms with E-state index in [1.807, 2.05) is 20.8 Å². The van der Waals surface area contributed by atoms with E-state index in [0.717, 1.165) is 12.8 Å². The van der Waals surface area contributed by atoms with Crippen molar-refractivity contribution in [3.05, 3.63) is 0 Å². The summed E-state index contributed by atoms with van der Waals surface area (Å²) in [6, 6.07) is 0. The van der Waals surface area contributed by atoms with Crippen molar-refractivity contribution >= 4 is 12.2 Å². The third-order valence-electron chi connectivity index (χ3n) is 4.27. The summed E-state index contributed by atoms with van der Waals surface area (Å²) in [5.74, 6) is -0.00287. The molecule has 1 fully saturated rings. The number of likely N-dealkylation sites (tertiary alicyclic amines) is 1. The highest BCUT2D eigenvalue weighted by molar-refractivity contribution is 5.68. The van der Waals surface area contributed by atoms with Gasteiger partial charge in [-0.05, 0) is 53.4 Å². The van der Waals surface area contributed by atoms with Crippen LogP contribution in [0.4, 0.5) is 9.59 Å². The molecule has 140 valence electrons. The number of rotatable bonds is 5. The number of methoxy groups -OCH3 is 1. The Morgan fingerprint density at radius 3 is 2.54 bits per heavy atom. The second kappa shape index (κ2) is 8.55. The Kier molecular flexibility index (Phi) is 7.32. The summed E-state index contributed by atoms with van der Waals surface area (Å²) < 4.78 is 9.93. The first-order valence-corrected chi connectivity index (χ1v) is 8.57. The Labute approximate surface area is 144 Å². The van der Waals surface area contributed by atoms with Gasteiger partial charge < -0.3 is 24.8 Å². The van der Waals surface area contributed by atoms with Gasteiger partial charge in [0.05, 0.1) is 12.7 Å². The van der Waals surface area contributed by atoms with Crippen LogP contribution in [0, 0.1) is 5.92 Å². The minimum atomic E-state index is -0.890. The molecule has 1 saturated heterocycles. The molecule has 1 rings (SSSR count). The van der Waals surface area contributed by atoms with Crippen molar-refractivity contribution in [3.63, 3.8) is 0 Å². The van der Waals surface area contributed by atoms with Crippen LogP contribution in [0.5, 0.6) is 0 Å². The van der Waals surface area contributed by atoms with Crippen molar-refractivity contribution in [1.82, 2.24) is 10.2 Å². The molecule has 2 unspecified atom stereocenters. The van der Waals surface area contributed by atoms with Gasteiger partial charge in [-0.3, -0.25) is 0 Å². The molecule has 2 atom stereocenters. The van der Waals surface area contributed by atoms with E-state index in [1.54, 1.807) is 11.8 Å². The standard InChI is InChI=1S/C17H32N2O5/c1-16(2,3)24-15(21)19-11-6-8-13(12-19)17(4,22)9-7-10-18-14(20)23-5/h13,22H,6-12H2,1-5H3,(H,18,20). The lowest BCUT2D eigenvalue weighted by atomic mass is 9.80. The molecule has 0 aromatic rings. The van der Waals surface area contributed by atoms with Gasteiger partial charge in [-0.1, -0.05) is 0 Å². The summed E-state index contributed by atoms with van der Waals surface area (Å²) >= 11 is 0. The summed E-state index contributed by atoms with van der Waals surface area (Å²) in [6.07, 6.45) is 2.12. The topological polar surface area (TPSA) is 88.1 Å². The maximum Gasteiger partial charge on any atom is 0.410 e. The van der Waals surface area contributed by atoms with Crippen molar-refractivity contribution in [2.24, 2.45) is 5.92 Å². The van der Waals surface area contributed by atoms with Crippen LogP contribution in [-0.4, -0.2) is 60.1 Å². The number of hydrogen-bond donors (Lipinski definition) is 2. The smallest absolute Gasteiger partial charge is 0.410 e. The van der Waals surface area contributed by atoms with Crippen molar-refractivity contribution in [2.45, 2.75) is 64.6 Å². The average Bonchev–Trinajstić information content (AvgIpc) is 2.49. The van der Waals surface area contributed by atoms with Gasteiger partial charge in [-0.15, -0.1) is 0 Å². The number of hydrogen-bond acceptors (Lipinski definition) is 5. The zero-order valence-corrected chi connectivity index (χ0v) is 15.6. The molecule has 7 nitrogen and oxygen atoms in total. The quantitative estimate of drug-likeness (QED) is 0.748. The van der Waals surface area contributed by atoms with Gasteiger partial charge in [0.2, 0.25) is 0 Å². The predicted molar refractivity (Wildman–Crippen MR) is 90.8 cm³/mol. The van der Waals surface area contributed by atoms with Crippen LogP contribution >= 0.6 is 0 Å². The normalized spacial score (nSPS) is 20.9. The molecule has 0 spiro atoms. The van der Waals surface area contributed by atoms with Crippen molar-refractivity contribution in [1.29, 1.82) is 0 Å². The largest absolute Gasteiger partial charge is 0.453 e. The fourth-order valence-electron chi connectivity index (χ4n) is 2.89. The van der Waals surface area contributed by atoms with E-state index in [2.05, 4.69) is 10.1 Å². The molecule has 2 N–H and O–H groups in total. The van der Waals surface area contributed by atoms with Crippen LogP contribution in [0.2, 0.25) is 0 Å². The van der Waals surface area contributed by atoms with Gasteiger partial charge in [0.1, 0.15) is 5.60 Å². The summed E-state index contributed by atoms with van der Waals surface area (Å²) in [5, 5.41) is 13.4.